The van der Waals surface area contributed by atoms with Crippen LogP contribution in [-0.4, -0.2) is 47.7 Å². The van der Waals surface area contributed by atoms with Crippen LogP contribution >= 0.6 is 0 Å². The van der Waals surface area contributed by atoms with Crippen LogP contribution in [0.2, 0.25) is 0 Å². The number of amidine groups is 1. The molecule has 3 rings (SSSR count). The van der Waals surface area contributed by atoms with Gasteiger partial charge in [-0.05, 0) is 36.5 Å². The Morgan fingerprint density at radius 2 is 1.97 bits per heavy atom. The fourth-order valence-electron chi connectivity index (χ4n) is 3.93. The predicted molar refractivity (Wildman–Crippen MR) is 131 cm³/mol. The van der Waals surface area contributed by atoms with Gasteiger partial charge in [-0.15, -0.1) is 0 Å². The minimum absolute atomic E-state index is 0.0716. The molecule has 1 aromatic carbocycles. The third-order valence-electron chi connectivity index (χ3n) is 5.85. The number of nitrogens with one attached hydrogen (secondary N) is 1. The molecule has 182 valence electrons. The Morgan fingerprint density at radius 1 is 1.24 bits per heavy atom. The largest absolute Gasteiger partial charge is 0.493 e. The van der Waals surface area contributed by atoms with Crippen LogP contribution in [0, 0.1) is 5.41 Å². The number of Topliss-reactive ketones (excluding diaryl/α,β-unsaturated/α-hetero) is 1. The molecule has 0 radical (unpaired) electrons. The summed E-state index contributed by atoms with van der Waals surface area (Å²) >= 11 is 0. The highest BCUT2D eigenvalue weighted by molar-refractivity contribution is 6.04. The highest BCUT2D eigenvalue weighted by Crippen LogP contribution is 2.40. The second kappa shape index (κ2) is 10.2. The quantitative estimate of drug-likeness (QED) is 0.408. The van der Waals surface area contributed by atoms with E-state index < -0.39 is 0 Å². The second-order valence-electron chi connectivity index (χ2n) is 9.52. The zero-order chi connectivity index (χ0) is 25.0. The molecule has 2 aromatic rings. The number of carbonyl (C=O) groups excluding carboxylic acids is 2. The van der Waals surface area contributed by atoms with Crippen molar-refractivity contribution in [1.82, 2.24) is 9.88 Å². The number of fused-ring (bicyclic) bond motifs is 1. The fraction of sp³-hybridized carbons (Fsp3) is 0.462. The molecule has 1 amide bonds. The standard InChI is InChI=1S/C26H34N4O4/c1-6-18-10-9-16-14-30(25(28)23(16)29-18)15-20(31)17-12-19(26(2,3)4)24(21(13-17)33-5)34-11-7-8-22(27)32/h9-10,12-13,28H,6-8,11,14-15H2,1-5H3,(H2,27,32). The van der Waals surface area contributed by atoms with E-state index >= 15 is 0 Å². The molecule has 0 spiro atoms. The van der Waals surface area contributed by atoms with Gasteiger partial charge in [-0.2, -0.15) is 0 Å². The molecule has 34 heavy (non-hydrogen) atoms. The molecule has 0 unspecified atom stereocenters. The van der Waals surface area contributed by atoms with Crippen LogP contribution in [0.1, 0.15) is 73.4 Å². The molecule has 0 atom stereocenters. The Balaban J connectivity index is 1.84. The summed E-state index contributed by atoms with van der Waals surface area (Å²) in [6.45, 7) is 9.01. The molecule has 0 aliphatic carbocycles. The number of ketones is 1. The third-order valence-corrected chi connectivity index (χ3v) is 5.85. The van der Waals surface area contributed by atoms with E-state index in [9.17, 15) is 9.59 Å². The van der Waals surface area contributed by atoms with E-state index in [0.29, 0.717) is 42.3 Å². The number of hydrogen-bond donors (Lipinski definition) is 2. The molecule has 2 heterocycles. The number of nitrogens with two attached hydrogens (primary N) is 1. The number of rotatable bonds is 10. The van der Waals surface area contributed by atoms with Gasteiger partial charge in [-0.25, -0.2) is 4.98 Å². The van der Waals surface area contributed by atoms with Crippen molar-refractivity contribution in [3.05, 3.63) is 52.3 Å². The first kappa shape index (κ1) is 25.2. The third kappa shape index (κ3) is 5.55. The van der Waals surface area contributed by atoms with Crippen molar-refractivity contribution in [1.29, 1.82) is 5.41 Å². The van der Waals surface area contributed by atoms with Gasteiger partial charge in [0.2, 0.25) is 5.91 Å². The Kier molecular flexibility index (Phi) is 7.59. The molecule has 8 nitrogen and oxygen atoms in total. The van der Waals surface area contributed by atoms with Gasteiger partial charge >= 0.3 is 0 Å². The number of aryl methyl sites for hydroxylation is 1. The van der Waals surface area contributed by atoms with Crippen LogP contribution in [-0.2, 0) is 23.2 Å². The minimum atomic E-state index is -0.372. The molecule has 3 N–H and O–H groups in total. The second-order valence-corrected chi connectivity index (χ2v) is 9.52. The number of pyridine rings is 1. The number of nitrogens with zero attached hydrogens (tertiary/aromatic N) is 2. The van der Waals surface area contributed by atoms with E-state index in [-0.39, 0.29) is 35.9 Å². The van der Waals surface area contributed by atoms with E-state index in [0.717, 1.165) is 23.2 Å². The molecule has 0 saturated heterocycles. The van der Waals surface area contributed by atoms with Gasteiger partial charge in [0.15, 0.2) is 17.3 Å². The average Bonchev–Trinajstić information content (AvgIpc) is 3.09. The summed E-state index contributed by atoms with van der Waals surface area (Å²) in [5.41, 5.74) is 8.78. The number of hydrogen-bond acceptors (Lipinski definition) is 6. The van der Waals surface area contributed by atoms with Gasteiger partial charge < -0.3 is 20.1 Å². The Labute approximate surface area is 201 Å². The van der Waals surface area contributed by atoms with Crippen LogP contribution in [0.4, 0.5) is 0 Å². The number of methoxy groups -OCH3 is 1. The van der Waals surface area contributed by atoms with Gasteiger partial charge in [0.1, 0.15) is 11.5 Å². The predicted octanol–water partition coefficient (Wildman–Crippen LogP) is 3.62. The molecule has 0 saturated carbocycles. The van der Waals surface area contributed by atoms with E-state index in [1.165, 1.54) is 7.11 Å². The molecule has 8 heteroatoms. The molecule has 0 bridgehead atoms. The van der Waals surface area contributed by atoms with Crippen molar-refractivity contribution in [2.24, 2.45) is 5.73 Å². The lowest BCUT2D eigenvalue weighted by Gasteiger charge is -2.26. The van der Waals surface area contributed by atoms with Crippen LogP contribution in [0.5, 0.6) is 11.5 Å². The summed E-state index contributed by atoms with van der Waals surface area (Å²) in [5.74, 6) is 0.814. The number of carbonyl (C=O) groups is 2. The highest BCUT2D eigenvalue weighted by atomic mass is 16.5. The zero-order valence-electron chi connectivity index (χ0n) is 20.7. The van der Waals surface area contributed by atoms with Gasteiger partial charge in [0, 0.05) is 35.3 Å². The van der Waals surface area contributed by atoms with Gasteiger partial charge in [-0.1, -0.05) is 33.8 Å². The van der Waals surface area contributed by atoms with Crippen molar-refractivity contribution >= 4 is 17.5 Å². The van der Waals surface area contributed by atoms with Crippen LogP contribution in [0.3, 0.4) is 0 Å². The highest BCUT2D eigenvalue weighted by Gasteiger charge is 2.29. The monoisotopic (exact) mass is 466 g/mol. The Hall–Kier alpha value is -3.42. The molecular weight excluding hydrogens is 432 g/mol. The van der Waals surface area contributed by atoms with Crippen molar-refractivity contribution in [2.45, 2.75) is 58.9 Å². The van der Waals surface area contributed by atoms with E-state index in [2.05, 4.69) is 4.98 Å². The summed E-state index contributed by atoms with van der Waals surface area (Å²) in [5, 5.41) is 8.53. The SMILES string of the molecule is CCc1ccc2c(n1)C(=N)N(CC(=O)c1cc(OC)c(OCCCC(N)=O)c(C(C)(C)C)c1)C2. The van der Waals surface area contributed by atoms with Crippen molar-refractivity contribution in [3.8, 4) is 11.5 Å². The maximum atomic E-state index is 13.3. The average molecular weight is 467 g/mol. The molecular formula is C26H34N4O4. The van der Waals surface area contributed by atoms with Gasteiger partial charge in [0.05, 0.1) is 20.3 Å². The van der Waals surface area contributed by atoms with Crippen LogP contribution in [0.15, 0.2) is 24.3 Å². The topological polar surface area (TPSA) is 119 Å². The van der Waals surface area contributed by atoms with E-state index in [4.69, 9.17) is 20.6 Å². The number of benzene rings is 1. The maximum Gasteiger partial charge on any atom is 0.217 e. The summed E-state index contributed by atoms with van der Waals surface area (Å²) in [6, 6.07) is 7.49. The van der Waals surface area contributed by atoms with Gasteiger partial charge in [-0.3, -0.25) is 15.0 Å². The first-order valence-electron chi connectivity index (χ1n) is 11.5. The first-order chi connectivity index (χ1) is 16.0. The van der Waals surface area contributed by atoms with Crippen molar-refractivity contribution in [2.75, 3.05) is 20.3 Å². The molecule has 0 fully saturated rings. The van der Waals surface area contributed by atoms with E-state index in [1.54, 1.807) is 11.0 Å². The lowest BCUT2D eigenvalue weighted by atomic mass is 9.84. The normalized spacial score (nSPS) is 13.1. The zero-order valence-corrected chi connectivity index (χ0v) is 20.7. The van der Waals surface area contributed by atoms with E-state index in [1.807, 2.05) is 45.9 Å². The summed E-state index contributed by atoms with van der Waals surface area (Å²) in [6.07, 6.45) is 1.53. The van der Waals surface area contributed by atoms with Crippen molar-refractivity contribution < 1.29 is 19.1 Å². The molecule has 1 aromatic heterocycles. The van der Waals surface area contributed by atoms with Crippen molar-refractivity contribution in [3.63, 3.8) is 0 Å². The lowest BCUT2D eigenvalue weighted by molar-refractivity contribution is -0.118. The van der Waals surface area contributed by atoms with Gasteiger partial charge in [0.25, 0.3) is 0 Å². The maximum absolute atomic E-state index is 13.3. The Morgan fingerprint density at radius 3 is 2.59 bits per heavy atom. The number of primary amides is 1. The smallest absolute Gasteiger partial charge is 0.217 e. The summed E-state index contributed by atoms with van der Waals surface area (Å²) in [7, 11) is 1.54. The molecule has 1 aliphatic heterocycles. The van der Waals surface area contributed by atoms with Crippen LogP contribution in [0.25, 0.3) is 0 Å². The van der Waals surface area contributed by atoms with Crippen LogP contribution < -0.4 is 15.2 Å². The Bertz CT molecular complexity index is 1100. The number of ether oxygens (including phenoxy) is 2. The summed E-state index contributed by atoms with van der Waals surface area (Å²) in [4.78, 5) is 30.7. The molecule has 1 aliphatic rings. The number of aromatic nitrogens is 1. The summed E-state index contributed by atoms with van der Waals surface area (Å²) < 4.78 is 11.6. The first-order valence-corrected chi connectivity index (χ1v) is 11.5. The minimum Gasteiger partial charge on any atom is -0.493 e. The number of amides is 1. The lowest BCUT2D eigenvalue weighted by Crippen LogP contribution is -2.30. The fourth-order valence-corrected chi connectivity index (χ4v) is 3.93.